The molecule has 0 saturated carbocycles. The molecule has 5 nitrogen and oxygen atoms in total. The topological polar surface area (TPSA) is 58.6 Å². The van der Waals surface area contributed by atoms with Crippen molar-refractivity contribution in [2.24, 2.45) is 5.92 Å². The van der Waals surface area contributed by atoms with E-state index in [0.717, 1.165) is 19.4 Å². The Morgan fingerprint density at radius 1 is 1.25 bits per heavy atom. The number of carbonyl (C=O) groups is 2. The van der Waals surface area contributed by atoms with Crippen molar-refractivity contribution in [2.45, 2.75) is 59.0 Å². The number of carbonyl (C=O) groups excluding carboxylic acids is 2. The summed E-state index contributed by atoms with van der Waals surface area (Å²) in [6.07, 6.45) is 2.76. The van der Waals surface area contributed by atoms with Crippen LogP contribution in [-0.4, -0.2) is 48.6 Å². The van der Waals surface area contributed by atoms with Crippen LogP contribution in [0.15, 0.2) is 0 Å². The zero-order valence-electron chi connectivity index (χ0n) is 13.1. The maximum atomic E-state index is 12.5. The van der Waals surface area contributed by atoms with Crippen LogP contribution in [0.4, 0.5) is 0 Å². The number of hydrogen-bond donors (Lipinski definition) is 1. The van der Waals surface area contributed by atoms with Crippen LogP contribution in [0, 0.1) is 5.92 Å². The van der Waals surface area contributed by atoms with E-state index in [1.165, 1.54) is 0 Å². The number of nitrogens with zero attached hydrogens (tertiary/aromatic N) is 1. The second-order valence-corrected chi connectivity index (χ2v) is 5.65. The van der Waals surface area contributed by atoms with Gasteiger partial charge in [-0.3, -0.25) is 9.59 Å². The first-order chi connectivity index (χ1) is 9.52. The van der Waals surface area contributed by atoms with Gasteiger partial charge in [-0.05, 0) is 18.8 Å². The molecule has 2 unspecified atom stereocenters. The fourth-order valence-electron chi connectivity index (χ4n) is 2.42. The lowest BCUT2D eigenvalue weighted by molar-refractivity contribution is -0.151. The smallest absolute Gasteiger partial charge is 0.246 e. The van der Waals surface area contributed by atoms with Crippen molar-refractivity contribution < 1.29 is 14.3 Å². The largest absolute Gasteiger partial charge is 0.380 e. The highest BCUT2D eigenvalue weighted by atomic mass is 16.5. The second kappa shape index (κ2) is 8.25. The van der Waals surface area contributed by atoms with Crippen molar-refractivity contribution in [3.8, 4) is 0 Å². The number of hydrogen-bond acceptors (Lipinski definition) is 3. The zero-order valence-corrected chi connectivity index (χ0v) is 13.1. The number of amides is 2. The van der Waals surface area contributed by atoms with Gasteiger partial charge in [0.05, 0.1) is 6.61 Å². The molecule has 1 aliphatic rings. The van der Waals surface area contributed by atoms with E-state index in [1.54, 1.807) is 4.90 Å². The van der Waals surface area contributed by atoms with Crippen LogP contribution in [0.25, 0.3) is 0 Å². The number of ether oxygens (including phenoxy) is 1. The molecule has 0 bridgehead atoms. The van der Waals surface area contributed by atoms with Crippen LogP contribution < -0.4 is 5.32 Å². The Morgan fingerprint density at radius 2 is 1.95 bits per heavy atom. The summed E-state index contributed by atoms with van der Waals surface area (Å²) >= 11 is 0. The molecule has 1 saturated heterocycles. The van der Waals surface area contributed by atoms with Gasteiger partial charge in [0.1, 0.15) is 12.1 Å². The van der Waals surface area contributed by atoms with Gasteiger partial charge in [-0.2, -0.15) is 0 Å². The molecular formula is C15H28N2O3. The van der Waals surface area contributed by atoms with Gasteiger partial charge in [-0.15, -0.1) is 0 Å². The van der Waals surface area contributed by atoms with E-state index in [9.17, 15) is 9.59 Å². The molecule has 20 heavy (non-hydrogen) atoms. The van der Waals surface area contributed by atoms with Crippen molar-refractivity contribution in [2.75, 3.05) is 19.8 Å². The molecule has 5 heteroatoms. The normalized spacial score (nSPS) is 23.4. The minimum absolute atomic E-state index is 0.0190. The first kappa shape index (κ1) is 17.0. The number of nitrogens with one attached hydrogen (secondary N) is 1. The Labute approximate surface area is 122 Å². The molecule has 116 valence electrons. The molecule has 1 aliphatic heterocycles. The molecule has 0 aliphatic carbocycles. The van der Waals surface area contributed by atoms with Gasteiger partial charge in [0, 0.05) is 13.2 Å². The average Bonchev–Trinajstić information content (AvgIpc) is 2.41. The van der Waals surface area contributed by atoms with Gasteiger partial charge < -0.3 is 15.0 Å². The average molecular weight is 284 g/mol. The highest BCUT2D eigenvalue weighted by molar-refractivity contribution is 5.97. The summed E-state index contributed by atoms with van der Waals surface area (Å²) in [6, 6.07) is -0.756. The Morgan fingerprint density at radius 3 is 2.50 bits per heavy atom. The van der Waals surface area contributed by atoms with Crippen LogP contribution >= 0.6 is 0 Å². The lowest BCUT2D eigenvalue weighted by Gasteiger charge is -2.40. The maximum Gasteiger partial charge on any atom is 0.246 e. The summed E-state index contributed by atoms with van der Waals surface area (Å²) in [6.45, 7) is 9.66. The Hall–Kier alpha value is -1.10. The lowest BCUT2D eigenvalue weighted by Crippen LogP contribution is -2.65. The van der Waals surface area contributed by atoms with Gasteiger partial charge in [-0.25, -0.2) is 0 Å². The molecule has 2 amide bonds. The molecule has 0 aromatic carbocycles. The SMILES string of the molecule is CCCCOCCN1C(=O)C(C(C)C)NC(=O)C1CC. The molecule has 1 fully saturated rings. The van der Waals surface area contributed by atoms with Crippen LogP contribution in [0.3, 0.4) is 0 Å². The third-order valence-corrected chi connectivity index (χ3v) is 3.70. The van der Waals surface area contributed by atoms with Crippen LogP contribution in [0.1, 0.15) is 47.0 Å². The van der Waals surface area contributed by atoms with E-state index < -0.39 is 6.04 Å². The standard InChI is InChI=1S/C15H28N2O3/c1-5-7-9-20-10-8-17-12(6-2)14(18)16-13(11(3)4)15(17)19/h11-13H,5-10H2,1-4H3,(H,16,18). The first-order valence-corrected chi connectivity index (χ1v) is 7.71. The summed E-state index contributed by atoms with van der Waals surface area (Å²) in [7, 11) is 0. The van der Waals surface area contributed by atoms with Crippen molar-refractivity contribution in [3.63, 3.8) is 0 Å². The third kappa shape index (κ3) is 4.20. The lowest BCUT2D eigenvalue weighted by atomic mass is 9.97. The van der Waals surface area contributed by atoms with Crippen molar-refractivity contribution >= 4 is 11.8 Å². The molecule has 0 spiro atoms. The zero-order chi connectivity index (χ0) is 15.1. The fourth-order valence-corrected chi connectivity index (χ4v) is 2.42. The van der Waals surface area contributed by atoms with E-state index in [-0.39, 0.29) is 23.8 Å². The predicted octanol–water partition coefficient (Wildman–Crippen LogP) is 1.56. The van der Waals surface area contributed by atoms with Gasteiger partial charge in [-0.1, -0.05) is 34.1 Å². The highest BCUT2D eigenvalue weighted by Crippen LogP contribution is 2.17. The van der Waals surface area contributed by atoms with E-state index in [0.29, 0.717) is 19.6 Å². The van der Waals surface area contributed by atoms with Gasteiger partial charge in [0.2, 0.25) is 11.8 Å². The second-order valence-electron chi connectivity index (χ2n) is 5.65. The Bertz CT molecular complexity index is 331. The molecule has 2 atom stereocenters. The van der Waals surface area contributed by atoms with E-state index >= 15 is 0 Å². The van der Waals surface area contributed by atoms with E-state index in [2.05, 4.69) is 12.2 Å². The summed E-state index contributed by atoms with van der Waals surface area (Å²) in [5, 5.41) is 2.84. The third-order valence-electron chi connectivity index (χ3n) is 3.70. The molecule has 1 heterocycles. The molecule has 0 radical (unpaired) electrons. The quantitative estimate of drug-likeness (QED) is 0.688. The molecular weight excluding hydrogens is 256 g/mol. The number of rotatable bonds is 8. The van der Waals surface area contributed by atoms with Crippen LogP contribution in [0.5, 0.6) is 0 Å². The maximum absolute atomic E-state index is 12.5. The van der Waals surface area contributed by atoms with Crippen molar-refractivity contribution in [1.29, 1.82) is 0 Å². The first-order valence-electron chi connectivity index (χ1n) is 7.71. The molecule has 1 rings (SSSR count). The van der Waals surface area contributed by atoms with E-state index in [1.807, 2.05) is 20.8 Å². The fraction of sp³-hybridized carbons (Fsp3) is 0.867. The number of piperazine rings is 1. The molecule has 0 aromatic heterocycles. The summed E-state index contributed by atoms with van der Waals surface area (Å²) in [5.41, 5.74) is 0. The van der Waals surface area contributed by atoms with Crippen LogP contribution in [0.2, 0.25) is 0 Å². The summed E-state index contributed by atoms with van der Waals surface area (Å²) < 4.78 is 5.52. The van der Waals surface area contributed by atoms with Gasteiger partial charge in [0.15, 0.2) is 0 Å². The van der Waals surface area contributed by atoms with Gasteiger partial charge in [0.25, 0.3) is 0 Å². The van der Waals surface area contributed by atoms with Crippen molar-refractivity contribution in [3.05, 3.63) is 0 Å². The van der Waals surface area contributed by atoms with Crippen LogP contribution in [-0.2, 0) is 14.3 Å². The summed E-state index contributed by atoms with van der Waals surface area (Å²) in [4.78, 5) is 26.2. The Kier molecular flexibility index (Phi) is 6.99. The van der Waals surface area contributed by atoms with Gasteiger partial charge >= 0.3 is 0 Å². The number of unbranched alkanes of at least 4 members (excludes halogenated alkanes) is 1. The predicted molar refractivity (Wildman–Crippen MR) is 78.3 cm³/mol. The summed E-state index contributed by atoms with van der Waals surface area (Å²) in [5.74, 6) is 0.0812. The van der Waals surface area contributed by atoms with E-state index in [4.69, 9.17) is 4.74 Å². The Balaban J connectivity index is 2.61. The minimum Gasteiger partial charge on any atom is -0.380 e. The molecule has 1 N–H and O–H groups in total. The molecule has 0 aromatic rings. The van der Waals surface area contributed by atoms with Crippen molar-refractivity contribution in [1.82, 2.24) is 10.2 Å². The monoisotopic (exact) mass is 284 g/mol. The minimum atomic E-state index is -0.402. The highest BCUT2D eigenvalue weighted by Gasteiger charge is 2.40.